The first-order valence-electron chi connectivity index (χ1n) is 20.8. The quantitative estimate of drug-likeness (QED) is 0.0927. The fourth-order valence-electron chi connectivity index (χ4n) is 7.55. The Morgan fingerprint density at radius 2 is 1.54 bits per heavy atom. The molecule has 0 saturated carbocycles. The summed E-state index contributed by atoms with van der Waals surface area (Å²) >= 11 is 0. The third-order valence-electron chi connectivity index (χ3n) is 11.1. The van der Waals surface area contributed by atoms with E-state index in [9.17, 15) is 29.1 Å². The van der Waals surface area contributed by atoms with Gasteiger partial charge in [-0.15, -0.1) is 0 Å². The van der Waals surface area contributed by atoms with Gasteiger partial charge in [-0.25, -0.2) is 9.59 Å². The first kappa shape index (κ1) is 45.9. The van der Waals surface area contributed by atoms with E-state index in [4.69, 9.17) is 4.74 Å². The van der Waals surface area contributed by atoms with Crippen molar-refractivity contribution in [1.29, 1.82) is 0 Å². The SMILES string of the molecule is CCC(C)C(C(=O)NC(Cc1ccccc1)CC(O)C(Cc1ccc(-c2ccccn2)cc1)NC(=O)C(NC(=O)OC)C(C)(C)C)N1CC(=O)N(Cc2cccc(C)n2)C1=O. The molecule has 4 aromatic rings. The topological polar surface area (TPSA) is 183 Å². The number of carbonyl (C=O) groups is 5. The Morgan fingerprint density at radius 1 is 0.852 bits per heavy atom. The standard InChI is InChI=1S/C47H59N7O7/c1-8-30(2)41(54-29-40(56)53(46(54)60)28-35-18-14-15-31(3)49-35)43(57)50-36(25-32-16-10-9-11-17-32)27-39(55)38(51-44(58)42(47(4,5)6)52-45(59)61-7)26-33-20-22-34(23-21-33)37-19-12-13-24-48-37/h9-24,30,36,38-39,41-42,55H,8,25-29H2,1-7H3,(H,50,57)(H,51,58)(H,52,59). The van der Waals surface area contributed by atoms with E-state index in [1.807, 2.05) is 126 Å². The number of aliphatic hydroxyl groups excluding tert-OH is 1. The molecule has 4 N–H and O–H groups in total. The number of urea groups is 1. The smallest absolute Gasteiger partial charge is 0.407 e. The summed E-state index contributed by atoms with van der Waals surface area (Å²) in [7, 11) is 1.22. The first-order valence-corrected chi connectivity index (χ1v) is 20.8. The minimum absolute atomic E-state index is 0.00741. The van der Waals surface area contributed by atoms with Gasteiger partial charge in [0.05, 0.1) is 37.2 Å². The highest BCUT2D eigenvalue weighted by atomic mass is 16.5. The summed E-state index contributed by atoms with van der Waals surface area (Å²) in [5, 5.41) is 21.0. The molecule has 6 atom stereocenters. The van der Waals surface area contributed by atoms with Crippen LogP contribution in [-0.4, -0.2) is 98.6 Å². The molecule has 0 bridgehead atoms. The largest absolute Gasteiger partial charge is 0.453 e. The maximum atomic E-state index is 14.5. The number of nitrogens with one attached hydrogen (secondary N) is 3. The average Bonchev–Trinajstić information content (AvgIpc) is 3.50. The molecule has 14 nitrogen and oxygen atoms in total. The van der Waals surface area contributed by atoms with Gasteiger partial charge in [-0.1, -0.05) is 108 Å². The molecule has 14 heteroatoms. The molecule has 324 valence electrons. The van der Waals surface area contributed by atoms with Crippen LogP contribution in [0, 0.1) is 18.3 Å². The summed E-state index contributed by atoms with van der Waals surface area (Å²) in [5.41, 5.74) is 4.00. The predicted molar refractivity (Wildman–Crippen MR) is 232 cm³/mol. The van der Waals surface area contributed by atoms with Crippen molar-refractivity contribution in [2.24, 2.45) is 11.3 Å². The number of aryl methyl sites for hydroxylation is 1. The Balaban J connectivity index is 1.43. The molecule has 0 aliphatic carbocycles. The molecular weight excluding hydrogens is 775 g/mol. The molecule has 6 unspecified atom stereocenters. The number of alkyl carbamates (subject to hydrolysis) is 1. The normalized spacial score (nSPS) is 15.9. The van der Waals surface area contributed by atoms with Gasteiger partial charge in [0.25, 0.3) is 5.91 Å². The molecule has 0 radical (unpaired) electrons. The predicted octanol–water partition coefficient (Wildman–Crippen LogP) is 5.61. The van der Waals surface area contributed by atoms with Crippen molar-refractivity contribution in [3.8, 4) is 11.3 Å². The number of ether oxygens (including phenoxy) is 1. The fourth-order valence-corrected chi connectivity index (χ4v) is 7.55. The van der Waals surface area contributed by atoms with Crippen LogP contribution in [0.25, 0.3) is 11.3 Å². The highest BCUT2D eigenvalue weighted by molar-refractivity contribution is 6.04. The van der Waals surface area contributed by atoms with Crippen LogP contribution in [-0.2, 0) is 38.5 Å². The van der Waals surface area contributed by atoms with Crippen molar-refractivity contribution < 1.29 is 33.8 Å². The van der Waals surface area contributed by atoms with Crippen molar-refractivity contribution in [2.75, 3.05) is 13.7 Å². The Labute approximate surface area is 358 Å². The molecule has 1 saturated heterocycles. The van der Waals surface area contributed by atoms with E-state index in [1.54, 1.807) is 12.3 Å². The lowest BCUT2D eigenvalue weighted by atomic mass is 9.85. The van der Waals surface area contributed by atoms with Crippen molar-refractivity contribution in [3.63, 3.8) is 0 Å². The lowest BCUT2D eigenvalue weighted by Crippen LogP contribution is -2.58. The van der Waals surface area contributed by atoms with E-state index in [1.165, 1.54) is 12.0 Å². The van der Waals surface area contributed by atoms with Gasteiger partial charge in [0.15, 0.2) is 0 Å². The van der Waals surface area contributed by atoms with Crippen molar-refractivity contribution in [1.82, 2.24) is 35.7 Å². The highest BCUT2D eigenvalue weighted by Gasteiger charge is 2.45. The summed E-state index contributed by atoms with van der Waals surface area (Å²) in [6.07, 6.45) is 0.825. The highest BCUT2D eigenvalue weighted by Crippen LogP contribution is 2.25. The van der Waals surface area contributed by atoms with E-state index in [0.717, 1.165) is 33.0 Å². The van der Waals surface area contributed by atoms with Gasteiger partial charge in [0, 0.05) is 23.5 Å². The maximum absolute atomic E-state index is 14.5. The minimum Gasteiger partial charge on any atom is -0.453 e. The number of benzene rings is 2. The third kappa shape index (κ3) is 12.4. The van der Waals surface area contributed by atoms with Crippen molar-refractivity contribution >= 4 is 29.8 Å². The molecule has 3 heterocycles. The second kappa shape index (κ2) is 20.9. The second-order valence-corrected chi connectivity index (χ2v) is 16.9. The number of carbonyl (C=O) groups excluding carboxylic acids is 5. The third-order valence-corrected chi connectivity index (χ3v) is 11.1. The zero-order valence-corrected chi connectivity index (χ0v) is 36.1. The molecule has 1 fully saturated rings. The zero-order valence-electron chi connectivity index (χ0n) is 36.1. The van der Waals surface area contributed by atoms with Crippen LogP contribution < -0.4 is 16.0 Å². The number of methoxy groups -OCH3 is 1. The monoisotopic (exact) mass is 833 g/mol. The van der Waals surface area contributed by atoms with Gasteiger partial charge >= 0.3 is 12.1 Å². The Bertz CT molecular complexity index is 2110. The van der Waals surface area contributed by atoms with Crippen LogP contribution >= 0.6 is 0 Å². The summed E-state index contributed by atoms with van der Waals surface area (Å²) in [5.74, 6) is -1.73. The summed E-state index contributed by atoms with van der Waals surface area (Å²) in [4.78, 5) is 79.6. The average molecular weight is 834 g/mol. The number of hydrogen-bond acceptors (Lipinski definition) is 9. The number of imide groups is 1. The van der Waals surface area contributed by atoms with Gasteiger partial charge < -0.3 is 30.7 Å². The molecule has 61 heavy (non-hydrogen) atoms. The van der Waals surface area contributed by atoms with Crippen LogP contribution in [0.2, 0.25) is 0 Å². The Morgan fingerprint density at radius 3 is 2.16 bits per heavy atom. The number of pyridine rings is 2. The van der Waals surface area contributed by atoms with E-state index in [2.05, 4.69) is 25.9 Å². The molecule has 2 aromatic heterocycles. The van der Waals surface area contributed by atoms with Crippen molar-refractivity contribution in [3.05, 3.63) is 120 Å². The molecule has 6 amide bonds. The van der Waals surface area contributed by atoms with Gasteiger partial charge in [-0.2, -0.15) is 0 Å². The van der Waals surface area contributed by atoms with Crippen molar-refractivity contribution in [2.45, 2.75) is 104 Å². The van der Waals surface area contributed by atoms with E-state index < -0.39 is 65.5 Å². The van der Waals surface area contributed by atoms with Crippen LogP contribution in [0.1, 0.15) is 70.0 Å². The lowest BCUT2D eigenvalue weighted by molar-refractivity contribution is -0.129. The summed E-state index contributed by atoms with van der Waals surface area (Å²) < 4.78 is 4.82. The van der Waals surface area contributed by atoms with Gasteiger partial charge in [-0.3, -0.25) is 29.3 Å². The van der Waals surface area contributed by atoms with Gasteiger partial charge in [0.2, 0.25) is 11.8 Å². The van der Waals surface area contributed by atoms with Crippen LogP contribution in [0.5, 0.6) is 0 Å². The van der Waals surface area contributed by atoms with E-state index in [0.29, 0.717) is 18.5 Å². The number of rotatable bonds is 18. The molecule has 5 rings (SSSR count). The summed E-state index contributed by atoms with van der Waals surface area (Å²) in [6.45, 7) is 10.8. The van der Waals surface area contributed by atoms with Crippen LogP contribution in [0.4, 0.5) is 9.59 Å². The molecular formula is C47H59N7O7. The number of amides is 6. The fraction of sp³-hybridized carbons (Fsp3) is 0.426. The molecule has 1 aliphatic rings. The number of aliphatic hydroxyl groups is 1. The van der Waals surface area contributed by atoms with E-state index >= 15 is 0 Å². The van der Waals surface area contributed by atoms with E-state index in [-0.39, 0.29) is 31.8 Å². The maximum Gasteiger partial charge on any atom is 0.407 e. The first-order chi connectivity index (χ1) is 29.1. The van der Waals surface area contributed by atoms with Gasteiger partial charge in [-0.05, 0) is 72.9 Å². The van der Waals surface area contributed by atoms with Crippen LogP contribution in [0.3, 0.4) is 0 Å². The number of nitrogens with zero attached hydrogens (tertiary/aromatic N) is 4. The number of hydrogen-bond donors (Lipinski definition) is 4. The molecule has 0 spiro atoms. The second-order valence-electron chi connectivity index (χ2n) is 16.9. The summed E-state index contributed by atoms with van der Waals surface area (Å²) in [6, 6.07) is 24.1. The van der Waals surface area contributed by atoms with Gasteiger partial charge in [0.1, 0.15) is 18.6 Å². The Hall–Kier alpha value is -6.15. The Kier molecular flexibility index (Phi) is 15.7. The minimum atomic E-state index is -1.21. The van der Waals surface area contributed by atoms with Crippen LogP contribution in [0.15, 0.2) is 97.2 Å². The zero-order chi connectivity index (χ0) is 44.3. The molecule has 2 aromatic carbocycles. The molecule has 1 aliphatic heterocycles. The lowest BCUT2D eigenvalue weighted by Gasteiger charge is -2.35. The number of aromatic nitrogens is 2.